The highest BCUT2D eigenvalue weighted by molar-refractivity contribution is 5.70. The first-order chi connectivity index (χ1) is 12.2. The normalized spacial score (nSPS) is 33.0. The van der Waals surface area contributed by atoms with Gasteiger partial charge in [0.1, 0.15) is 0 Å². The van der Waals surface area contributed by atoms with Crippen LogP contribution in [0.2, 0.25) is 0 Å². The van der Waals surface area contributed by atoms with E-state index in [0.717, 1.165) is 38.8 Å². The van der Waals surface area contributed by atoms with Crippen molar-refractivity contribution >= 4 is 5.97 Å². The SMILES string of the molecule is O=C(O)[C@H]1CC[C@H](NCC2(CN[C@H]3CC3c3ccccc3)CC2)CC1. The van der Waals surface area contributed by atoms with Gasteiger partial charge >= 0.3 is 5.97 Å². The van der Waals surface area contributed by atoms with Crippen LogP contribution in [0.15, 0.2) is 30.3 Å². The zero-order valence-electron chi connectivity index (χ0n) is 14.9. The molecule has 3 N–H and O–H groups in total. The van der Waals surface area contributed by atoms with Crippen molar-refractivity contribution < 1.29 is 9.90 Å². The van der Waals surface area contributed by atoms with Crippen molar-refractivity contribution in [3.63, 3.8) is 0 Å². The molecule has 0 aromatic heterocycles. The maximum Gasteiger partial charge on any atom is 0.306 e. The van der Waals surface area contributed by atoms with E-state index in [0.29, 0.717) is 23.4 Å². The lowest BCUT2D eigenvalue weighted by Crippen LogP contribution is -2.41. The average Bonchev–Trinajstić information content (AvgIpc) is 3.55. The second-order valence-electron chi connectivity index (χ2n) is 8.51. The molecule has 1 aromatic carbocycles. The van der Waals surface area contributed by atoms with Gasteiger partial charge in [-0.2, -0.15) is 0 Å². The van der Waals surface area contributed by atoms with E-state index >= 15 is 0 Å². The van der Waals surface area contributed by atoms with Crippen LogP contribution in [-0.4, -0.2) is 36.2 Å². The predicted octanol–water partition coefficient (Wildman–Crippen LogP) is 3.15. The monoisotopic (exact) mass is 342 g/mol. The minimum atomic E-state index is -0.612. The quantitative estimate of drug-likeness (QED) is 0.679. The van der Waals surface area contributed by atoms with Gasteiger partial charge in [-0.1, -0.05) is 30.3 Å². The van der Waals surface area contributed by atoms with E-state index in [4.69, 9.17) is 5.11 Å². The number of benzene rings is 1. The van der Waals surface area contributed by atoms with Gasteiger partial charge in [-0.05, 0) is 55.9 Å². The molecule has 0 amide bonds. The number of rotatable bonds is 8. The molecular weight excluding hydrogens is 312 g/mol. The van der Waals surface area contributed by atoms with Crippen molar-refractivity contribution in [3.8, 4) is 0 Å². The third kappa shape index (κ3) is 4.24. The minimum Gasteiger partial charge on any atom is -0.481 e. The third-order valence-electron chi connectivity index (χ3n) is 6.56. The van der Waals surface area contributed by atoms with E-state index in [1.807, 2.05) is 0 Å². The Morgan fingerprint density at radius 2 is 1.72 bits per heavy atom. The van der Waals surface area contributed by atoms with Crippen molar-refractivity contribution in [1.29, 1.82) is 0 Å². The summed E-state index contributed by atoms with van der Waals surface area (Å²) < 4.78 is 0. The molecule has 2 atom stereocenters. The number of hydrogen-bond acceptors (Lipinski definition) is 3. The summed E-state index contributed by atoms with van der Waals surface area (Å²) in [7, 11) is 0. The van der Waals surface area contributed by atoms with Crippen molar-refractivity contribution in [1.82, 2.24) is 10.6 Å². The molecule has 1 aromatic rings. The summed E-state index contributed by atoms with van der Waals surface area (Å²) in [5.41, 5.74) is 1.92. The second kappa shape index (κ2) is 7.08. The fourth-order valence-electron chi connectivity index (χ4n) is 4.33. The maximum absolute atomic E-state index is 11.0. The Kier molecular flexibility index (Phi) is 4.83. The number of carboxylic acids is 1. The lowest BCUT2D eigenvalue weighted by atomic mass is 9.86. The topological polar surface area (TPSA) is 61.4 Å². The van der Waals surface area contributed by atoms with Crippen LogP contribution in [0.5, 0.6) is 0 Å². The van der Waals surface area contributed by atoms with Crippen LogP contribution in [0, 0.1) is 11.3 Å². The van der Waals surface area contributed by atoms with Crippen molar-refractivity contribution in [3.05, 3.63) is 35.9 Å². The summed E-state index contributed by atoms with van der Waals surface area (Å²) in [6, 6.07) is 12.0. The summed E-state index contributed by atoms with van der Waals surface area (Å²) in [5.74, 6) is -0.0191. The van der Waals surface area contributed by atoms with Gasteiger partial charge < -0.3 is 15.7 Å². The molecule has 0 aliphatic heterocycles. The Morgan fingerprint density at radius 1 is 1.04 bits per heavy atom. The summed E-state index contributed by atoms with van der Waals surface area (Å²) in [5, 5.41) is 16.6. The zero-order chi connectivity index (χ0) is 17.3. The average molecular weight is 342 g/mol. The molecule has 0 radical (unpaired) electrons. The Morgan fingerprint density at radius 3 is 2.36 bits per heavy atom. The number of hydrogen-bond donors (Lipinski definition) is 3. The Balaban J connectivity index is 1.16. The maximum atomic E-state index is 11.0. The number of aliphatic carboxylic acids is 1. The minimum absolute atomic E-state index is 0.112. The van der Waals surface area contributed by atoms with E-state index in [2.05, 4.69) is 41.0 Å². The molecule has 1 unspecified atom stereocenters. The molecule has 3 aliphatic rings. The van der Waals surface area contributed by atoms with Gasteiger partial charge in [0.2, 0.25) is 0 Å². The molecule has 0 saturated heterocycles. The van der Waals surface area contributed by atoms with Crippen LogP contribution in [0.3, 0.4) is 0 Å². The Labute approximate surface area is 150 Å². The highest BCUT2D eigenvalue weighted by Crippen LogP contribution is 2.47. The van der Waals surface area contributed by atoms with Crippen LogP contribution in [-0.2, 0) is 4.79 Å². The molecule has 0 bridgehead atoms. The van der Waals surface area contributed by atoms with Crippen LogP contribution in [0.4, 0.5) is 0 Å². The van der Waals surface area contributed by atoms with Gasteiger partial charge in [0.15, 0.2) is 0 Å². The fraction of sp³-hybridized carbons (Fsp3) is 0.667. The molecule has 0 heterocycles. The smallest absolute Gasteiger partial charge is 0.306 e. The molecule has 4 nitrogen and oxygen atoms in total. The molecule has 136 valence electrons. The third-order valence-corrected chi connectivity index (χ3v) is 6.56. The van der Waals surface area contributed by atoms with Gasteiger partial charge in [-0.15, -0.1) is 0 Å². The molecule has 0 spiro atoms. The number of carbonyl (C=O) groups is 1. The van der Waals surface area contributed by atoms with Crippen LogP contribution >= 0.6 is 0 Å². The summed E-state index contributed by atoms with van der Waals surface area (Å²) in [4.78, 5) is 11.0. The van der Waals surface area contributed by atoms with Gasteiger partial charge in [0.05, 0.1) is 5.92 Å². The molecule has 25 heavy (non-hydrogen) atoms. The van der Waals surface area contributed by atoms with Crippen molar-refractivity contribution in [2.75, 3.05) is 13.1 Å². The molecule has 3 fully saturated rings. The van der Waals surface area contributed by atoms with E-state index in [-0.39, 0.29) is 5.92 Å². The van der Waals surface area contributed by atoms with Crippen LogP contribution in [0.1, 0.15) is 56.4 Å². The van der Waals surface area contributed by atoms with Gasteiger partial charge in [0.25, 0.3) is 0 Å². The number of carboxylic acid groups (broad SMARTS) is 1. The molecule has 4 heteroatoms. The summed E-state index contributed by atoms with van der Waals surface area (Å²) in [6.45, 7) is 2.21. The van der Waals surface area contributed by atoms with E-state index < -0.39 is 5.97 Å². The standard InChI is InChI=1S/C21H30N2O2/c24-20(25)16-6-8-17(9-7-16)22-13-21(10-11-21)14-23-19-12-18(19)15-4-2-1-3-5-15/h1-5,16-19,22-23H,6-14H2,(H,24,25)/t16-,17-,18?,19-/m0/s1. The summed E-state index contributed by atoms with van der Waals surface area (Å²) in [6.07, 6.45) is 7.60. The molecule has 3 aliphatic carbocycles. The Bertz CT molecular complexity index is 591. The lowest BCUT2D eigenvalue weighted by Gasteiger charge is -2.29. The largest absolute Gasteiger partial charge is 0.481 e. The van der Waals surface area contributed by atoms with E-state index in [1.54, 1.807) is 0 Å². The van der Waals surface area contributed by atoms with Crippen molar-refractivity contribution in [2.45, 2.75) is 62.9 Å². The van der Waals surface area contributed by atoms with Crippen molar-refractivity contribution in [2.24, 2.45) is 11.3 Å². The highest BCUT2D eigenvalue weighted by Gasteiger charge is 2.45. The zero-order valence-corrected chi connectivity index (χ0v) is 14.9. The lowest BCUT2D eigenvalue weighted by molar-refractivity contribution is -0.142. The van der Waals surface area contributed by atoms with E-state index in [1.165, 1.54) is 24.8 Å². The second-order valence-corrected chi connectivity index (χ2v) is 8.51. The summed E-state index contributed by atoms with van der Waals surface area (Å²) >= 11 is 0. The van der Waals surface area contributed by atoms with Gasteiger partial charge in [-0.3, -0.25) is 4.79 Å². The fourth-order valence-corrected chi connectivity index (χ4v) is 4.33. The number of nitrogens with one attached hydrogen (secondary N) is 2. The highest BCUT2D eigenvalue weighted by atomic mass is 16.4. The first-order valence-electron chi connectivity index (χ1n) is 9.90. The van der Waals surface area contributed by atoms with E-state index in [9.17, 15) is 4.79 Å². The van der Waals surface area contributed by atoms with Crippen LogP contribution < -0.4 is 10.6 Å². The Hall–Kier alpha value is -1.39. The van der Waals surface area contributed by atoms with Gasteiger partial charge in [0, 0.05) is 31.1 Å². The predicted molar refractivity (Wildman–Crippen MR) is 98.6 cm³/mol. The molecular formula is C21H30N2O2. The first kappa shape index (κ1) is 17.0. The first-order valence-corrected chi connectivity index (χ1v) is 9.90. The van der Waals surface area contributed by atoms with Gasteiger partial charge in [-0.25, -0.2) is 0 Å². The van der Waals surface area contributed by atoms with Crippen LogP contribution in [0.25, 0.3) is 0 Å². The molecule has 4 rings (SSSR count). The molecule has 3 saturated carbocycles.